The van der Waals surface area contributed by atoms with Crippen LogP contribution in [0, 0.1) is 5.92 Å². The minimum atomic E-state index is -0.741. The normalized spacial score (nSPS) is 13.0. The van der Waals surface area contributed by atoms with Gasteiger partial charge >= 0.3 is 12.1 Å². The van der Waals surface area contributed by atoms with Gasteiger partial charge in [-0.2, -0.15) is 0 Å². The molecule has 12 heteroatoms. The van der Waals surface area contributed by atoms with E-state index in [0.717, 1.165) is 26.7 Å². The van der Waals surface area contributed by atoms with Crippen LogP contribution < -0.4 is 10.6 Å². The number of thiazole rings is 2. The minimum absolute atomic E-state index is 0.151. The van der Waals surface area contributed by atoms with Crippen LogP contribution in [0.2, 0.25) is 0 Å². The van der Waals surface area contributed by atoms with Gasteiger partial charge in [-0.3, -0.25) is 9.78 Å². The number of amides is 4. The molecule has 2 N–H and O–H groups in total. The van der Waals surface area contributed by atoms with Crippen LogP contribution in [0.1, 0.15) is 73.2 Å². The molecule has 0 spiro atoms. The number of hydrogen-bond acceptors (Lipinski definition) is 8. The number of ether oxygens (including phenoxy) is 1. The van der Waals surface area contributed by atoms with Gasteiger partial charge in [-0.15, -0.1) is 22.7 Å². The lowest BCUT2D eigenvalue weighted by molar-refractivity contribution is -0.124. The number of likely N-dealkylation sites (N-methyl/N-ethyl adjacent to an activating group) is 1. The van der Waals surface area contributed by atoms with E-state index in [1.807, 2.05) is 67.8 Å². The average molecular weight is 719 g/mol. The fraction of sp³-hybridized carbons (Fsp3) is 0.447. The molecule has 4 amide bonds. The third-order valence-electron chi connectivity index (χ3n) is 8.53. The van der Waals surface area contributed by atoms with Crippen molar-refractivity contribution in [3.05, 3.63) is 104 Å². The molecular weight excluding hydrogens is 669 g/mol. The van der Waals surface area contributed by atoms with Crippen molar-refractivity contribution in [3.8, 4) is 0 Å². The van der Waals surface area contributed by atoms with E-state index in [-0.39, 0.29) is 36.5 Å². The second-order valence-electron chi connectivity index (χ2n) is 13.3. The highest BCUT2D eigenvalue weighted by atomic mass is 32.1. The first-order chi connectivity index (χ1) is 24.0. The number of rotatable bonds is 17. The van der Waals surface area contributed by atoms with Gasteiger partial charge in [0.2, 0.25) is 5.91 Å². The van der Waals surface area contributed by atoms with E-state index < -0.39 is 12.1 Å². The maximum atomic E-state index is 13.9. The van der Waals surface area contributed by atoms with Crippen LogP contribution in [0.25, 0.3) is 0 Å². The lowest BCUT2D eigenvalue weighted by Crippen LogP contribution is -2.54. The molecule has 268 valence electrons. The summed E-state index contributed by atoms with van der Waals surface area (Å²) in [6.45, 7) is 8.55. The van der Waals surface area contributed by atoms with Gasteiger partial charge in [0.25, 0.3) is 0 Å². The average Bonchev–Trinajstić information content (AvgIpc) is 3.81. The molecule has 2 heterocycles. The fourth-order valence-corrected chi connectivity index (χ4v) is 6.91. The van der Waals surface area contributed by atoms with Crippen LogP contribution in [0.5, 0.6) is 0 Å². The smallest absolute Gasteiger partial charge is 0.410 e. The second kappa shape index (κ2) is 19.2. The summed E-state index contributed by atoms with van der Waals surface area (Å²) in [7, 11) is 3.48. The van der Waals surface area contributed by atoms with Crippen molar-refractivity contribution >= 4 is 40.7 Å². The van der Waals surface area contributed by atoms with Crippen LogP contribution in [0.15, 0.2) is 77.8 Å². The molecule has 0 bridgehead atoms. The predicted octanol–water partition coefficient (Wildman–Crippen LogP) is 7.28. The van der Waals surface area contributed by atoms with Gasteiger partial charge in [-0.05, 0) is 42.7 Å². The van der Waals surface area contributed by atoms with Crippen molar-refractivity contribution < 1.29 is 19.1 Å². The molecular formula is C38H50N6O4S2. The number of urea groups is 1. The minimum Gasteiger partial charge on any atom is -0.444 e. The first-order valence-electron chi connectivity index (χ1n) is 17.1. The van der Waals surface area contributed by atoms with Gasteiger partial charge < -0.3 is 25.2 Å². The first-order valence-corrected chi connectivity index (χ1v) is 18.9. The zero-order valence-corrected chi connectivity index (χ0v) is 31.5. The molecule has 2 aromatic carbocycles. The van der Waals surface area contributed by atoms with Crippen LogP contribution in [-0.2, 0) is 35.5 Å². The van der Waals surface area contributed by atoms with E-state index in [4.69, 9.17) is 4.74 Å². The molecule has 0 saturated heterocycles. The number of aromatic nitrogens is 2. The molecule has 0 aliphatic carbocycles. The Morgan fingerprint density at radius 1 is 0.860 bits per heavy atom. The molecule has 3 atom stereocenters. The quantitative estimate of drug-likeness (QED) is 0.119. The molecule has 0 aliphatic heterocycles. The SMILES string of the molecule is CC(C)c1nc(CN(C)C(=O)N[C@H](C(=O)N[C@H](CC[C@H](Cc2ccccc2)N(C)C(=O)OCc2cncs2)Cc2ccccc2)C(C)C)cs1. The highest BCUT2D eigenvalue weighted by Crippen LogP contribution is 2.21. The lowest BCUT2D eigenvalue weighted by atomic mass is 9.94. The Labute approximate surface area is 304 Å². The Kier molecular flexibility index (Phi) is 14.8. The number of nitrogens with one attached hydrogen (secondary N) is 2. The lowest BCUT2D eigenvalue weighted by Gasteiger charge is -2.31. The Bertz CT molecular complexity index is 1610. The Hall–Kier alpha value is -4.29. The zero-order valence-electron chi connectivity index (χ0n) is 29.9. The van der Waals surface area contributed by atoms with E-state index in [1.54, 1.807) is 46.9 Å². The largest absolute Gasteiger partial charge is 0.444 e. The molecule has 0 saturated carbocycles. The van der Waals surface area contributed by atoms with Gasteiger partial charge in [-0.25, -0.2) is 14.6 Å². The number of benzene rings is 2. The van der Waals surface area contributed by atoms with Gasteiger partial charge in [-0.1, -0.05) is 88.4 Å². The zero-order chi connectivity index (χ0) is 36.0. The summed E-state index contributed by atoms with van der Waals surface area (Å²) in [6.07, 6.45) is 3.74. The van der Waals surface area contributed by atoms with Crippen LogP contribution >= 0.6 is 22.7 Å². The molecule has 4 aromatic rings. The molecule has 10 nitrogen and oxygen atoms in total. The summed E-state index contributed by atoms with van der Waals surface area (Å²) < 4.78 is 5.64. The first kappa shape index (κ1) is 38.5. The maximum absolute atomic E-state index is 13.9. The van der Waals surface area contributed by atoms with E-state index in [9.17, 15) is 14.4 Å². The molecule has 0 radical (unpaired) electrons. The molecule has 50 heavy (non-hydrogen) atoms. The second-order valence-corrected chi connectivity index (χ2v) is 15.2. The van der Waals surface area contributed by atoms with Crippen LogP contribution in [0.3, 0.4) is 0 Å². The van der Waals surface area contributed by atoms with E-state index in [0.29, 0.717) is 38.1 Å². The van der Waals surface area contributed by atoms with E-state index in [1.165, 1.54) is 11.3 Å². The molecule has 2 aromatic heterocycles. The molecule has 0 unspecified atom stereocenters. The molecule has 0 fully saturated rings. The number of hydrogen-bond donors (Lipinski definition) is 2. The summed E-state index contributed by atoms with van der Waals surface area (Å²) in [4.78, 5) is 53.2. The highest BCUT2D eigenvalue weighted by Gasteiger charge is 2.29. The van der Waals surface area contributed by atoms with Crippen molar-refractivity contribution in [3.63, 3.8) is 0 Å². The Balaban J connectivity index is 1.46. The Morgan fingerprint density at radius 2 is 1.52 bits per heavy atom. The van der Waals surface area contributed by atoms with Crippen molar-refractivity contribution in [2.75, 3.05) is 14.1 Å². The fourth-order valence-electron chi connectivity index (χ4n) is 5.58. The van der Waals surface area contributed by atoms with Crippen molar-refractivity contribution in [1.82, 2.24) is 30.4 Å². The summed E-state index contributed by atoms with van der Waals surface area (Å²) in [5.74, 6) is -0.0695. The standard InChI is InChI=1S/C38H50N6O4S2/c1-26(2)34(42-37(46)43(5)22-31-24-49-36(41-31)27(3)4)35(45)40-30(19-28-13-9-7-10-14-28)17-18-32(20-29-15-11-8-12-16-29)44(6)38(47)48-23-33-21-39-25-50-33/h7-16,21,24-27,30,32,34H,17-20,22-23H2,1-6H3,(H,40,45)(H,42,46)/t30-,32-,34+/m1/s1. The number of carbonyl (C=O) groups is 3. The number of carbonyl (C=O) groups excluding carboxylic acids is 3. The van der Waals surface area contributed by atoms with Crippen molar-refractivity contribution in [2.24, 2.45) is 5.92 Å². The summed E-state index contributed by atoms with van der Waals surface area (Å²) in [5.41, 5.74) is 4.73. The van der Waals surface area contributed by atoms with Gasteiger partial charge in [0.05, 0.1) is 27.6 Å². The molecule has 4 rings (SSSR count). The van der Waals surface area contributed by atoms with Crippen LogP contribution in [0.4, 0.5) is 9.59 Å². The van der Waals surface area contributed by atoms with Gasteiger partial charge in [0, 0.05) is 43.7 Å². The third kappa shape index (κ3) is 11.9. The topological polar surface area (TPSA) is 117 Å². The summed E-state index contributed by atoms with van der Waals surface area (Å²) in [5, 5.41) is 9.24. The van der Waals surface area contributed by atoms with Crippen molar-refractivity contribution in [1.29, 1.82) is 0 Å². The predicted molar refractivity (Wildman–Crippen MR) is 200 cm³/mol. The van der Waals surface area contributed by atoms with Crippen LogP contribution in [-0.4, -0.2) is 70.0 Å². The summed E-state index contributed by atoms with van der Waals surface area (Å²) in [6, 6.07) is 18.6. The summed E-state index contributed by atoms with van der Waals surface area (Å²) >= 11 is 3.03. The van der Waals surface area contributed by atoms with Gasteiger partial charge in [0.1, 0.15) is 12.6 Å². The van der Waals surface area contributed by atoms with Crippen molar-refractivity contribution in [2.45, 2.75) is 90.6 Å². The number of nitrogens with zero attached hydrogens (tertiary/aromatic N) is 4. The monoisotopic (exact) mass is 718 g/mol. The third-order valence-corrected chi connectivity index (χ3v) is 10.5. The highest BCUT2D eigenvalue weighted by molar-refractivity contribution is 7.09. The Morgan fingerprint density at radius 3 is 2.10 bits per heavy atom. The molecule has 0 aliphatic rings. The maximum Gasteiger partial charge on any atom is 0.410 e. The van der Waals surface area contributed by atoms with E-state index >= 15 is 0 Å². The van der Waals surface area contributed by atoms with Gasteiger partial charge in [0.15, 0.2) is 0 Å². The van der Waals surface area contributed by atoms with E-state index in [2.05, 4.69) is 46.6 Å².